The van der Waals surface area contributed by atoms with Crippen molar-refractivity contribution >= 4 is 17.9 Å². The highest BCUT2D eigenvalue weighted by Gasteiger charge is 2.19. The van der Waals surface area contributed by atoms with E-state index in [1.54, 1.807) is 0 Å². The van der Waals surface area contributed by atoms with Crippen LogP contribution in [0.5, 0.6) is 0 Å². The van der Waals surface area contributed by atoms with Gasteiger partial charge in [0.1, 0.15) is 13.2 Å². The van der Waals surface area contributed by atoms with E-state index >= 15 is 0 Å². The van der Waals surface area contributed by atoms with E-state index in [1.165, 1.54) is 96.3 Å². The molecule has 0 saturated heterocycles. The maximum absolute atomic E-state index is 12.6. The first-order chi connectivity index (χ1) is 24.5. The van der Waals surface area contributed by atoms with Crippen molar-refractivity contribution in [3.05, 3.63) is 24.3 Å². The van der Waals surface area contributed by atoms with Crippen molar-refractivity contribution in [1.82, 2.24) is 0 Å². The second kappa shape index (κ2) is 39.7. The van der Waals surface area contributed by atoms with Crippen molar-refractivity contribution in [2.24, 2.45) is 0 Å². The van der Waals surface area contributed by atoms with Gasteiger partial charge < -0.3 is 14.2 Å². The lowest BCUT2D eigenvalue weighted by molar-refractivity contribution is -0.167. The SMILES string of the molecule is CCCC/C=C\CCCCCCCC(=O)OC(COC(=O)CCCCCCC)COC(=O)CCCCCCC/C=C\CCCCCCCCC. The van der Waals surface area contributed by atoms with E-state index in [1.807, 2.05) is 0 Å². The summed E-state index contributed by atoms with van der Waals surface area (Å²) in [6.07, 6.45) is 41.9. The van der Waals surface area contributed by atoms with Crippen LogP contribution in [0, 0.1) is 0 Å². The predicted octanol–water partition coefficient (Wildman–Crippen LogP) is 13.2. The Kier molecular flexibility index (Phi) is 38.0. The van der Waals surface area contributed by atoms with Crippen LogP contribution in [0.2, 0.25) is 0 Å². The molecule has 0 saturated carbocycles. The number of hydrogen-bond acceptors (Lipinski definition) is 6. The summed E-state index contributed by atoms with van der Waals surface area (Å²) in [5.74, 6) is -0.910. The Labute approximate surface area is 309 Å². The van der Waals surface area contributed by atoms with Gasteiger partial charge in [0.2, 0.25) is 0 Å². The minimum absolute atomic E-state index is 0.0773. The van der Waals surface area contributed by atoms with Crippen LogP contribution in [-0.2, 0) is 28.6 Å². The summed E-state index contributed by atoms with van der Waals surface area (Å²) in [5.41, 5.74) is 0. The van der Waals surface area contributed by atoms with E-state index in [-0.39, 0.29) is 31.1 Å². The number of unbranched alkanes of at least 4 members (excludes halogenated alkanes) is 23. The lowest BCUT2D eigenvalue weighted by Crippen LogP contribution is -2.30. The molecule has 0 rings (SSSR count). The minimum Gasteiger partial charge on any atom is -0.462 e. The molecule has 0 heterocycles. The molecule has 0 amide bonds. The number of rotatable bonds is 38. The van der Waals surface area contributed by atoms with Gasteiger partial charge in [-0.25, -0.2) is 0 Å². The van der Waals surface area contributed by atoms with Gasteiger partial charge in [-0.3, -0.25) is 14.4 Å². The molecule has 0 fully saturated rings. The summed E-state index contributed by atoms with van der Waals surface area (Å²) < 4.78 is 16.5. The van der Waals surface area contributed by atoms with Gasteiger partial charge in [-0.1, -0.05) is 161 Å². The molecular formula is C44H80O6. The number of ether oxygens (including phenoxy) is 3. The standard InChI is InChI=1S/C44H80O6/c1-4-7-10-13-15-17-19-20-21-22-23-25-26-28-31-34-37-43(46)49-40-41(39-48-42(45)36-33-30-12-9-6-3)50-44(47)38-35-32-29-27-24-18-16-14-11-8-5-2/h14,16,21-22,41H,4-13,15,17-20,23-40H2,1-3H3/b16-14-,22-21-. The maximum atomic E-state index is 12.6. The van der Waals surface area contributed by atoms with Crippen molar-refractivity contribution in [3.8, 4) is 0 Å². The molecule has 6 nitrogen and oxygen atoms in total. The second-order valence-electron chi connectivity index (χ2n) is 14.3. The molecule has 6 heteroatoms. The van der Waals surface area contributed by atoms with Gasteiger partial charge in [0.25, 0.3) is 0 Å². The number of hydrogen-bond donors (Lipinski definition) is 0. The van der Waals surface area contributed by atoms with E-state index in [4.69, 9.17) is 14.2 Å². The molecule has 0 aliphatic carbocycles. The zero-order valence-corrected chi connectivity index (χ0v) is 33.2. The van der Waals surface area contributed by atoms with Crippen LogP contribution in [0.15, 0.2) is 24.3 Å². The second-order valence-corrected chi connectivity index (χ2v) is 14.3. The summed E-state index contributed by atoms with van der Waals surface area (Å²) in [5, 5.41) is 0. The molecule has 0 aromatic rings. The number of esters is 3. The van der Waals surface area contributed by atoms with Gasteiger partial charge in [0.15, 0.2) is 6.10 Å². The summed E-state index contributed by atoms with van der Waals surface area (Å²) >= 11 is 0. The maximum Gasteiger partial charge on any atom is 0.306 e. The van der Waals surface area contributed by atoms with Crippen molar-refractivity contribution in [2.75, 3.05) is 13.2 Å². The summed E-state index contributed by atoms with van der Waals surface area (Å²) in [7, 11) is 0. The third kappa shape index (κ3) is 37.2. The lowest BCUT2D eigenvalue weighted by atomic mass is 10.1. The first-order valence-corrected chi connectivity index (χ1v) is 21.3. The summed E-state index contributed by atoms with van der Waals surface area (Å²) in [4.78, 5) is 37.3. The fourth-order valence-electron chi connectivity index (χ4n) is 5.89. The van der Waals surface area contributed by atoms with Crippen LogP contribution >= 0.6 is 0 Å². The Morgan fingerprint density at radius 3 is 1.06 bits per heavy atom. The monoisotopic (exact) mass is 705 g/mol. The van der Waals surface area contributed by atoms with E-state index < -0.39 is 6.10 Å². The quantitative estimate of drug-likeness (QED) is 0.0275. The normalized spacial score (nSPS) is 12.1. The highest BCUT2D eigenvalue weighted by molar-refractivity contribution is 5.71. The van der Waals surface area contributed by atoms with Gasteiger partial charge in [0.05, 0.1) is 0 Å². The van der Waals surface area contributed by atoms with Crippen LogP contribution in [-0.4, -0.2) is 37.2 Å². The van der Waals surface area contributed by atoms with Gasteiger partial charge in [-0.2, -0.15) is 0 Å². The Balaban J connectivity index is 4.23. The van der Waals surface area contributed by atoms with Gasteiger partial charge in [-0.15, -0.1) is 0 Å². The molecule has 50 heavy (non-hydrogen) atoms. The molecule has 0 radical (unpaired) electrons. The Hall–Kier alpha value is -2.11. The first kappa shape index (κ1) is 47.9. The third-order valence-corrected chi connectivity index (χ3v) is 9.18. The average molecular weight is 705 g/mol. The Morgan fingerprint density at radius 2 is 0.680 bits per heavy atom. The summed E-state index contributed by atoms with van der Waals surface area (Å²) in [6.45, 7) is 6.49. The van der Waals surface area contributed by atoms with E-state index in [0.29, 0.717) is 19.3 Å². The molecule has 0 bridgehead atoms. The van der Waals surface area contributed by atoms with Gasteiger partial charge in [-0.05, 0) is 64.2 Å². The van der Waals surface area contributed by atoms with Crippen molar-refractivity contribution < 1.29 is 28.6 Å². The van der Waals surface area contributed by atoms with Crippen LogP contribution in [0.1, 0.15) is 220 Å². The first-order valence-electron chi connectivity index (χ1n) is 21.3. The van der Waals surface area contributed by atoms with Crippen molar-refractivity contribution in [2.45, 2.75) is 226 Å². The molecule has 1 atom stereocenters. The molecule has 0 N–H and O–H groups in total. The van der Waals surface area contributed by atoms with E-state index in [0.717, 1.165) is 83.5 Å². The minimum atomic E-state index is -0.770. The zero-order valence-electron chi connectivity index (χ0n) is 33.2. The Bertz CT molecular complexity index is 819. The van der Waals surface area contributed by atoms with Crippen molar-refractivity contribution in [1.29, 1.82) is 0 Å². The smallest absolute Gasteiger partial charge is 0.306 e. The molecule has 292 valence electrons. The van der Waals surface area contributed by atoms with E-state index in [2.05, 4.69) is 45.1 Å². The highest BCUT2D eigenvalue weighted by Crippen LogP contribution is 2.13. The lowest BCUT2D eigenvalue weighted by Gasteiger charge is -2.18. The molecule has 0 aliphatic heterocycles. The molecule has 0 aromatic carbocycles. The largest absolute Gasteiger partial charge is 0.462 e. The third-order valence-electron chi connectivity index (χ3n) is 9.18. The molecule has 0 spiro atoms. The van der Waals surface area contributed by atoms with Gasteiger partial charge >= 0.3 is 17.9 Å². The fraction of sp³-hybridized carbons (Fsp3) is 0.841. The van der Waals surface area contributed by atoms with E-state index in [9.17, 15) is 14.4 Å². The van der Waals surface area contributed by atoms with Crippen LogP contribution in [0.4, 0.5) is 0 Å². The van der Waals surface area contributed by atoms with Crippen LogP contribution in [0.25, 0.3) is 0 Å². The highest BCUT2D eigenvalue weighted by atomic mass is 16.6. The number of allylic oxidation sites excluding steroid dienone is 4. The van der Waals surface area contributed by atoms with Crippen LogP contribution in [0.3, 0.4) is 0 Å². The number of carbonyl (C=O) groups is 3. The molecule has 0 aromatic heterocycles. The zero-order chi connectivity index (χ0) is 36.6. The van der Waals surface area contributed by atoms with Gasteiger partial charge in [0, 0.05) is 19.3 Å². The van der Waals surface area contributed by atoms with Crippen molar-refractivity contribution in [3.63, 3.8) is 0 Å². The molecule has 1 unspecified atom stereocenters. The fourth-order valence-corrected chi connectivity index (χ4v) is 5.89. The number of carbonyl (C=O) groups excluding carboxylic acids is 3. The van der Waals surface area contributed by atoms with Crippen LogP contribution < -0.4 is 0 Å². The Morgan fingerprint density at radius 1 is 0.380 bits per heavy atom. The average Bonchev–Trinajstić information content (AvgIpc) is 3.11. The summed E-state index contributed by atoms with van der Waals surface area (Å²) in [6, 6.07) is 0. The predicted molar refractivity (Wildman–Crippen MR) is 210 cm³/mol. The topological polar surface area (TPSA) is 78.9 Å². The molecule has 0 aliphatic rings. The molecular weight excluding hydrogens is 624 g/mol.